The molecule has 2 rings (SSSR count). The van der Waals surface area contributed by atoms with E-state index in [0.717, 1.165) is 12.3 Å². The molecule has 4 heteroatoms. The molecule has 0 aromatic carbocycles. The molecule has 1 unspecified atom stereocenters. The largest absolute Gasteiger partial charge is 0.496 e. The summed E-state index contributed by atoms with van der Waals surface area (Å²) >= 11 is 1.76. The summed E-state index contributed by atoms with van der Waals surface area (Å²) < 4.78 is 5.18. The van der Waals surface area contributed by atoms with Gasteiger partial charge in [0, 0.05) is 29.4 Å². The fourth-order valence-corrected chi connectivity index (χ4v) is 3.03. The van der Waals surface area contributed by atoms with Crippen molar-refractivity contribution in [1.82, 2.24) is 10.2 Å². The summed E-state index contributed by atoms with van der Waals surface area (Å²) in [5.41, 5.74) is 0. The van der Waals surface area contributed by atoms with Crippen molar-refractivity contribution in [3.05, 3.63) is 16.3 Å². The molecule has 3 nitrogen and oxygen atoms in total. The molecule has 1 aromatic rings. The Bertz CT molecular complexity index is 334. The smallest absolute Gasteiger partial charge is 0.129 e. The van der Waals surface area contributed by atoms with E-state index in [9.17, 15) is 0 Å². The molecule has 1 atom stereocenters. The van der Waals surface area contributed by atoms with Crippen molar-refractivity contribution in [1.29, 1.82) is 0 Å². The van der Waals surface area contributed by atoms with Crippen LogP contribution in [-0.4, -0.2) is 37.7 Å². The molecule has 0 saturated carbocycles. The molecule has 2 heterocycles. The van der Waals surface area contributed by atoms with Crippen LogP contribution in [0.15, 0.2) is 11.4 Å². The van der Waals surface area contributed by atoms with E-state index in [2.05, 4.69) is 28.6 Å². The van der Waals surface area contributed by atoms with Crippen molar-refractivity contribution in [2.45, 2.75) is 32.4 Å². The molecule has 1 aliphatic heterocycles. The molecule has 1 aliphatic rings. The second-order valence-electron chi connectivity index (χ2n) is 4.74. The highest BCUT2D eigenvalue weighted by Gasteiger charge is 2.14. The van der Waals surface area contributed by atoms with Crippen LogP contribution in [0.1, 0.15) is 24.6 Å². The van der Waals surface area contributed by atoms with Gasteiger partial charge in [-0.05, 0) is 38.9 Å². The Morgan fingerprint density at radius 2 is 2.24 bits per heavy atom. The van der Waals surface area contributed by atoms with Gasteiger partial charge in [0.15, 0.2) is 0 Å². The first-order chi connectivity index (χ1) is 8.28. The number of nitrogens with one attached hydrogen (secondary N) is 1. The molecule has 1 N–H and O–H groups in total. The Kier molecular flexibility index (Phi) is 4.83. The maximum Gasteiger partial charge on any atom is 0.129 e. The predicted molar refractivity (Wildman–Crippen MR) is 72.8 cm³/mol. The first-order valence-corrected chi connectivity index (χ1v) is 7.23. The van der Waals surface area contributed by atoms with Gasteiger partial charge < -0.3 is 15.0 Å². The molecule has 0 radical (unpaired) electrons. The van der Waals surface area contributed by atoms with Gasteiger partial charge in [-0.3, -0.25) is 0 Å². The van der Waals surface area contributed by atoms with E-state index in [0.29, 0.717) is 6.04 Å². The molecule has 17 heavy (non-hydrogen) atoms. The fourth-order valence-electron chi connectivity index (χ4n) is 2.25. The van der Waals surface area contributed by atoms with Crippen molar-refractivity contribution in [3.63, 3.8) is 0 Å². The fraction of sp³-hybridized carbons (Fsp3) is 0.692. The number of rotatable bonds is 6. The summed E-state index contributed by atoms with van der Waals surface area (Å²) in [6.45, 7) is 6.94. The minimum absolute atomic E-state index is 0.557. The summed E-state index contributed by atoms with van der Waals surface area (Å²) in [5.74, 6) is 0.971. The van der Waals surface area contributed by atoms with Crippen molar-refractivity contribution >= 4 is 11.3 Å². The molecular weight excluding hydrogens is 232 g/mol. The van der Waals surface area contributed by atoms with Gasteiger partial charge in [0.25, 0.3) is 0 Å². The van der Waals surface area contributed by atoms with E-state index in [-0.39, 0.29) is 0 Å². The van der Waals surface area contributed by atoms with Crippen molar-refractivity contribution in [2.24, 2.45) is 0 Å². The van der Waals surface area contributed by atoms with Gasteiger partial charge in [-0.2, -0.15) is 0 Å². The highest BCUT2D eigenvalue weighted by Crippen LogP contribution is 2.20. The standard InChI is InChI=1S/C13H22N2OS/c1-11(9-15-5-3-4-6-15)14-8-13-7-12(16-2)10-17-13/h7,10-11,14H,3-6,8-9H2,1-2H3. The van der Waals surface area contributed by atoms with Crippen molar-refractivity contribution in [2.75, 3.05) is 26.7 Å². The molecular formula is C13H22N2OS. The van der Waals surface area contributed by atoms with Gasteiger partial charge in [0.2, 0.25) is 0 Å². The van der Waals surface area contributed by atoms with E-state index in [1.54, 1.807) is 18.4 Å². The minimum Gasteiger partial charge on any atom is -0.496 e. The molecule has 0 bridgehead atoms. The van der Waals surface area contributed by atoms with Crippen LogP contribution >= 0.6 is 11.3 Å². The highest BCUT2D eigenvalue weighted by atomic mass is 32.1. The Morgan fingerprint density at radius 1 is 1.47 bits per heavy atom. The maximum atomic E-state index is 5.18. The Morgan fingerprint density at radius 3 is 2.88 bits per heavy atom. The zero-order valence-electron chi connectivity index (χ0n) is 10.7. The van der Waals surface area contributed by atoms with Crippen LogP contribution in [0, 0.1) is 0 Å². The Hall–Kier alpha value is -0.580. The Balaban J connectivity index is 1.69. The third kappa shape index (κ3) is 3.98. The summed E-state index contributed by atoms with van der Waals surface area (Å²) in [4.78, 5) is 3.89. The minimum atomic E-state index is 0.557. The molecule has 0 amide bonds. The Labute approximate surface area is 108 Å². The number of nitrogens with zero attached hydrogens (tertiary/aromatic N) is 1. The zero-order valence-corrected chi connectivity index (χ0v) is 11.6. The number of thiophene rings is 1. The van der Waals surface area contributed by atoms with Gasteiger partial charge in [-0.25, -0.2) is 0 Å². The van der Waals surface area contributed by atoms with Crippen LogP contribution in [0.25, 0.3) is 0 Å². The van der Waals surface area contributed by atoms with Crippen molar-refractivity contribution in [3.8, 4) is 5.75 Å². The van der Waals surface area contributed by atoms with E-state index in [4.69, 9.17) is 4.74 Å². The average molecular weight is 254 g/mol. The summed E-state index contributed by atoms with van der Waals surface area (Å²) in [6.07, 6.45) is 2.74. The van der Waals surface area contributed by atoms with Crippen LogP contribution in [-0.2, 0) is 6.54 Å². The lowest BCUT2D eigenvalue weighted by molar-refractivity contribution is 0.298. The number of likely N-dealkylation sites (tertiary alicyclic amines) is 1. The number of methoxy groups -OCH3 is 1. The molecule has 96 valence electrons. The van der Waals surface area contributed by atoms with Gasteiger partial charge >= 0.3 is 0 Å². The predicted octanol–water partition coefficient (Wildman–Crippen LogP) is 2.33. The molecule has 0 aliphatic carbocycles. The maximum absolute atomic E-state index is 5.18. The van der Waals surface area contributed by atoms with Crippen LogP contribution < -0.4 is 10.1 Å². The van der Waals surface area contributed by atoms with Gasteiger partial charge in [0.1, 0.15) is 5.75 Å². The summed E-state index contributed by atoms with van der Waals surface area (Å²) in [5, 5.41) is 5.63. The number of hydrogen-bond acceptors (Lipinski definition) is 4. The second kappa shape index (κ2) is 6.38. The quantitative estimate of drug-likeness (QED) is 0.843. The molecule has 0 spiro atoms. The van der Waals surface area contributed by atoms with Crippen LogP contribution in [0.2, 0.25) is 0 Å². The van der Waals surface area contributed by atoms with E-state index >= 15 is 0 Å². The SMILES string of the molecule is COc1csc(CNC(C)CN2CCCC2)c1. The molecule has 1 fully saturated rings. The third-order valence-corrected chi connectivity index (χ3v) is 4.14. The van der Waals surface area contributed by atoms with Gasteiger partial charge in [-0.1, -0.05) is 0 Å². The van der Waals surface area contributed by atoms with Crippen LogP contribution in [0.3, 0.4) is 0 Å². The van der Waals surface area contributed by atoms with E-state index in [1.807, 2.05) is 0 Å². The average Bonchev–Trinajstić information content (AvgIpc) is 2.96. The lowest BCUT2D eigenvalue weighted by atomic mass is 10.3. The number of hydrogen-bond donors (Lipinski definition) is 1. The first-order valence-electron chi connectivity index (χ1n) is 6.35. The lowest BCUT2D eigenvalue weighted by Crippen LogP contribution is -2.37. The third-order valence-electron chi connectivity index (χ3n) is 3.22. The summed E-state index contributed by atoms with van der Waals surface area (Å²) in [6, 6.07) is 2.67. The van der Waals surface area contributed by atoms with Crippen molar-refractivity contribution < 1.29 is 4.74 Å². The molecule has 1 saturated heterocycles. The highest BCUT2D eigenvalue weighted by molar-refractivity contribution is 7.10. The van der Waals surface area contributed by atoms with Crippen LogP contribution in [0.5, 0.6) is 5.75 Å². The van der Waals surface area contributed by atoms with Gasteiger partial charge in [0.05, 0.1) is 7.11 Å². The topological polar surface area (TPSA) is 24.5 Å². The van der Waals surface area contributed by atoms with E-state index < -0.39 is 0 Å². The normalized spacial score (nSPS) is 18.5. The zero-order chi connectivity index (χ0) is 12.1. The summed E-state index contributed by atoms with van der Waals surface area (Å²) in [7, 11) is 1.72. The number of ether oxygens (including phenoxy) is 1. The first kappa shape index (κ1) is 12.9. The monoisotopic (exact) mass is 254 g/mol. The van der Waals surface area contributed by atoms with E-state index in [1.165, 1.54) is 37.4 Å². The van der Waals surface area contributed by atoms with Gasteiger partial charge in [-0.15, -0.1) is 11.3 Å². The lowest BCUT2D eigenvalue weighted by Gasteiger charge is -2.20. The van der Waals surface area contributed by atoms with Crippen LogP contribution in [0.4, 0.5) is 0 Å². The second-order valence-corrected chi connectivity index (χ2v) is 5.74. The molecule has 1 aromatic heterocycles.